The molecule has 1 aliphatic rings. The van der Waals surface area contributed by atoms with E-state index in [9.17, 15) is 0 Å². The molecule has 5 heteroatoms. The van der Waals surface area contributed by atoms with Crippen LogP contribution in [-0.4, -0.2) is 23.7 Å². The van der Waals surface area contributed by atoms with Crippen molar-refractivity contribution in [2.75, 3.05) is 19.0 Å². The first kappa shape index (κ1) is 14.8. The normalized spacial score (nSPS) is 17.5. The Morgan fingerprint density at radius 1 is 1.27 bits per heavy atom. The van der Waals surface area contributed by atoms with E-state index in [1.165, 1.54) is 11.1 Å². The van der Waals surface area contributed by atoms with Gasteiger partial charge in [0.05, 0.1) is 7.11 Å². The number of nitrogens with one attached hydrogen (secondary N) is 1. The molecule has 2 aromatic rings. The van der Waals surface area contributed by atoms with E-state index in [1.807, 2.05) is 6.07 Å². The summed E-state index contributed by atoms with van der Waals surface area (Å²) < 4.78 is 10.9. The van der Waals surface area contributed by atoms with E-state index in [2.05, 4.69) is 46.5 Å². The van der Waals surface area contributed by atoms with Gasteiger partial charge < -0.3 is 14.8 Å². The van der Waals surface area contributed by atoms with E-state index in [-0.39, 0.29) is 6.10 Å². The van der Waals surface area contributed by atoms with Crippen LogP contribution in [0.2, 0.25) is 0 Å². The molecule has 0 aliphatic carbocycles. The number of aromatic nitrogens is 2. The average Bonchev–Trinajstić information content (AvgIpc) is 3.08. The molecule has 1 aliphatic heterocycles. The lowest BCUT2D eigenvalue weighted by molar-refractivity contribution is 0.104. The molecular formula is C17H21N3O2. The van der Waals surface area contributed by atoms with Gasteiger partial charge in [0.1, 0.15) is 11.9 Å². The number of nitrogens with zero attached hydrogens (tertiary/aromatic N) is 2. The second kappa shape index (κ2) is 6.75. The van der Waals surface area contributed by atoms with E-state index in [4.69, 9.17) is 9.47 Å². The van der Waals surface area contributed by atoms with Crippen LogP contribution in [0.4, 0.5) is 5.82 Å². The Morgan fingerprint density at radius 3 is 2.77 bits per heavy atom. The number of hydrogen-bond acceptors (Lipinski definition) is 5. The Labute approximate surface area is 130 Å². The highest BCUT2D eigenvalue weighted by atomic mass is 16.5. The highest BCUT2D eigenvalue weighted by molar-refractivity contribution is 5.40. The first-order valence-electron chi connectivity index (χ1n) is 7.58. The second-order valence-electron chi connectivity index (χ2n) is 5.49. The van der Waals surface area contributed by atoms with Gasteiger partial charge in [-0.1, -0.05) is 29.8 Å². The fourth-order valence-electron chi connectivity index (χ4n) is 2.46. The number of methoxy groups -OCH3 is 1. The van der Waals surface area contributed by atoms with Crippen molar-refractivity contribution < 1.29 is 9.47 Å². The molecule has 0 saturated carbocycles. The van der Waals surface area contributed by atoms with Gasteiger partial charge in [0.25, 0.3) is 0 Å². The first-order chi connectivity index (χ1) is 10.7. The first-order valence-corrected chi connectivity index (χ1v) is 7.58. The van der Waals surface area contributed by atoms with Gasteiger partial charge in [-0.3, -0.25) is 0 Å². The van der Waals surface area contributed by atoms with Crippen LogP contribution < -0.4 is 10.1 Å². The molecule has 1 aromatic heterocycles. The Hall–Kier alpha value is -2.14. The predicted molar refractivity (Wildman–Crippen MR) is 85.0 cm³/mol. The minimum Gasteiger partial charge on any atom is -0.481 e. The molecule has 1 atom stereocenters. The van der Waals surface area contributed by atoms with Gasteiger partial charge in [0.15, 0.2) is 5.82 Å². The molecule has 0 spiro atoms. The molecule has 1 N–H and O–H groups in total. The second-order valence-corrected chi connectivity index (χ2v) is 5.49. The van der Waals surface area contributed by atoms with Crippen LogP contribution in [0, 0.1) is 6.92 Å². The zero-order valence-corrected chi connectivity index (χ0v) is 13.0. The highest BCUT2D eigenvalue weighted by Gasteiger charge is 2.21. The van der Waals surface area contributed by atoms with Crippen molar-refractivity contribution >= 4 is 5.82 Å². The van der Waals surface area contributed by atoms with Crippen molar-refractivity contribution in [3.63, 3.8) is 0 Å². The van der Waals surface area contributed by atoms with Gasteiger partial charge in [-0.25, -0.2) is 4.98 Å². The molecule has 0 amide bonds. The maximum atomic E-state index is 5.66. The molecule has 1 saturated heterocycles. The average molecular weight is 299 g/mol. The fraction of sp³-hybridized carbons (Fsp3) is 0.412. The summed E-state index contributed by atoms with van der Waals surface area (Å²) in [5, 5.41) is 3.33. The zero-order valence-electron chi connectivity index (χ0n) is 13.0. The molecular weight excluding hydrogens is 278 g/mol. The van der Waals surface area contributed by atoms with Gasteiger partial charge in [0.2, 0.25) is 5.88 Å². The third kappa shape index (κ3) is 3.54. The van der Waals surface area contributed by atoms with E-state index in [1.54, 1.807) is 7.11 Å². The minimum absolute atomic E-state index is 0.0185. The topological polar surface area (TPSA) is 56.3 Å². The lowest BCUT2D eigenvalue weighted by Crippen LogP contribution is -2.08. The summed E-state index contributed by atoms with van der Waals surface area (Å²) in [6.45, 7) is 3.57. The SMILES string of the molecule is COc1cc(NCc2ccc(C)cc2)nc(C2CCCO2)n1. The predicted octanol–water partition coefficient (Wildman–Crippen LogP) is 3.26. The van der Waals surface area contributed by atoms with Crippen LogP contribution in [-0.2, 0) is 11.3 Å². The van der Waals surface area contributed by atoms with E-state index in [0.717, 1.165) is 25.3 Å². The van der Waals surface area contributed by atoms with Crippen molar-refractivity contribution in [1.29, 1.82) is 0 Å². The highest BCUT2D eigenvalue weighted by Crippen LogP contribution is 2.28. The maximum Gasteiger partial charge on any atom is 0.218 e. The van der Waals surface area contributed by atoms with E-state index < -0.39 is 0 Å². The summed E-state index contributed by atoms with van der Waals surface area (Å²) in [6, 6.07) is 10.3. The quantitative estimate of drug-likeness (QED) is 0.918. The molecule has 1 fully saturated rings. The maximum absolute atomic E-state index is 5.66. The minimum atomic E-state index is -0.0185. The molecule has 0 radical (unpaired) electrons. The van der Waals surface area contributed by atoms with Crippen molar-refractivity contribution in [1.82, 2.24) is 9.97 Å². The molecule has 1 unspecified atom stereocenters. The van der Waals surface area contributed by atoms with Crippen LogP contribution in [0.25, 0.3) is 0 Å². The monoisotopic (exact) mass is 299 g/mol. The fourth-order valence-corrected chi connectivity index (χ4v) is 2.46. The van der Waals surface area contributed by atoms with Crippen molar-refractivity contribution in [3.05, 3.63) is 47.3 Å². The van der Waals surface area contributed by atoms with Crippen LogP contribution in [0.15, 0.2) is 30.3 Å². The number of anilines is 1. The Balaban J connectivity index is 1.74. The summed E-state index contributed by atoms with van der Waals surface area (Å²) >= 11 is 0. The number of benzene rings is 1. The third-order valence-corrected chi connectivity index (χ3v) is 3.74. The van der Waals surface area contributed by atoms with E-state index in [0.29, 0.717) is 18.2 Å². The Bertz CT molecular complexity index is 622. The van der Waals surface area contributed by atoms with Crippen molar-refractivity contribution in [2.45, 2.75) is 32.4 Å². The van der Waals surface area contributed by atoms with Crippen molar-refractivity contribution in [3.8, 4) is 5.88 Å². The lowest BCUT2D eigenvalue weighted by atomic mass is 10.1. The number of rotatable bonds is 5. The van der Waals surface area contributed by atoms with Crippen molar-refractivity contribution in [2.24, 2.45) is 0 Å². The van der Waals surface area contributed by atoms with E-state index >= 15 is 0 Å². The smallest absolute Gasteiger partial charge is 0.218 e. The van der Waals surface area contributed by atoms with Gasteiger partial charge in [0, 0.05) is 19.2 Å². The molecule has 5 nitrogen and oxygen atoms in total. The third-order valence-electron chi connectivity index (χ3n) is 3.74. The number of aryl methyl sites for hydroxylation is 1. The van der Waals surface area contributed by atoms with Crippen LogP contribution in [0.3, 0.4) is 0 Å². The molecule has 2 heterocycles. The molecule has 22 heavy (non-hydrogen) atoms. The summed E-state index contributed by atoms with van der Waals surface area (Å²) in [6.07, 6.45) is 2.00. The van der Waals surface area contributed by atoms with Crippen LogP contribution in [0.5, 0.6) is 5.88 Å². The lowest BCUT2D eigenvalue weighted by Gasteiger charge is -2.12. The van der Waals surface area contributed by atoms with Gasteiger partial charge in [-0.15, -0.1) is 0 Å². The van der Waals surface area contributed by atoms with Crippen LogP contribution >= 0.6 is 0 Å². The van der Waals surface area contributed by atoms with Gasteiger partial charge >= 0.3 is 0 Å². The zero-order chi connectivity index (χ0) is 15.4. The standard InChI is InChI=1S/C17H21N3O2/c1-12-5-7-13(8-6-12)11-18-15-10-16(21-2)20-17(19-15)14-4-3-9-22-14/h5-8,10,14H,3-4,9,11H2,1-2H3,(H,18,19,20). The molecule has 3 rings (SSSR count). The summed E-state index contributed by atoms with van der Waals surface area (Å²) in [7, 11) is 1.62. The summed E-state index contributed by atoms with van der Waals surface area (Å²) in [4.78, 5) is 8.97. The Kier molecular flexibility index (Phi) is 4.53. The van der Waals surface area contributed by atoms with Gasteiger partial charge in [-0.2, -0.15) is 4.98 Å². The van der Waals surface area contributed by atoms with Crippen LogP contribution in [0.1, 0.15) is 35.9 Å². The largest absolute Gasteiger partial charge is 0.481 e. The molecule has 1 aromatic carbocycles. The summed E-state index contributed by atoms with van der Waals surface area (Å²) in [5.74, 6) is 2.02. The molecule has 0 bridgehead atoms. The number of hydrogen-bond donors (Lipinski definition) is 1. The number of ether oxygens (including phenoxy) is 2. The van der Waals surface area contributed by atoms with Gasteiger partial charge in [-0.05, 0) is 25.3 Å². The molecule has 116 valence electrons. The Morgan fingerprint density at radius 2 is 2.09 bits per heavy atom. The summed E-state index contributed by atoms with van der Waals surface area (Å²) in [5.41, 5.74) is 2.47.